The van der Waals surface area contributed by atoms with E-state index in [0.29, 0.717) is 5.71 Å². The Hall–Kier alpha value is -3.54. The minimum Gasteiger partial charge on any atom is -0.318 e. The Balaban J connectivity index is 1.81. The quantitative estimate of drug-likeness (QED) is 0.301. The Morgan fingerprint density at radius 2 is 1.83 bits per heavy atom. The van der Waals surface area contributed by atoms with Crippen molar-refractivity contribution in [2.24, 2.45) is 11.1 Å². The van der Waals surface area contributed by atoms with E-state index in [4.69, 9.17) is 4.84 Å². The van der Waals surface area contributed by atoms with Crippen molar-refractivity contribution in [2.45, 2.75) is 32.6 Å². The second-order valence-electron chi connectivity index (χ2n) is 8.09. The number of nitro groups is 1. The van der Waals surface area contributed by atoms with Crippen molar-refractivity contribution >= 4 is 17.4 Å². The average Bonchev–Trinajstić information content (AvgIpc) is 2.95. The Kier molecular flexibility index (Phi) is 4.86. The molecule has 0 radical (unpaired) electrons. The van der Waals surface area contributed by atoms with E-state index in [1.807, 2.05) is 36.4 Å². The van der Waals surface area contributed by atoms with E-state index in [1.165, 1.54) is 6.92 Å². The molecule has 1 unspecified atom stereocenters. The van der Waals surface area contributed by atoms with Crippen LogP contribution in [-0.4, -0.2) is 16.6 Å². The Morgan fingerprint density at radius 1 is 1.13 bits per heavy atom. The fourth-order valence-electron chi connectivity index (χ4n) is 4.23. The van der Waals surface area contributed by atoms with Crippen molar-refractivity contribution in [1.82, 2.24) is 0 Å². The van der Waals surface area contributed by atoms with E-state index in [1.54, 1.807) is 12.1 Å². The van der Waals surface area contributed by atoms with Gasteiger partial charge < -0.3 is 4.84 Å². The third-order valence-corrected chi connectivity index (χ3v) is 5.77. The standard InChI is InChI=1S/C24H22N2O4/c1-15(27)30-25-23(16-7-5-4-6-8-16)17-9-11-19-20-12-10-18(26(28)29)14-22(20)24(2,3)21(19)13-17/h4-7,9-14,16H,8H2,1-3H3/b25-23+. The molecule has 152 valence electrons. The van der Waals surface area contributed by atoms with E-state index in [2.05, 4.69) is 31.1 Å². The molecule has 0 aliphatic heterocycles. The molecule has 0 spiro atoms. The summed E-state index contributed by atoms with van der Waals surface area (Å²) in [7, 11) is 0. The molecule has 0 fully saturated rings. The van der Waals surface area contributed by atoms with E-state index >= 15 is 0 Å². The zero-order valence-electron chi connectivity index (χ0n) is 17.1. The van der Waals surface area contributed by atoms with Gasteiger partial charge in [0.15, 0.2) is 0 Å². The summed E-state index contributed by atoms with van der Waals surface area (Å²) in [4.78, 5) is 27.3. The van der Waals surface area contributed by atoms with Gasteiger partial charge in [-0.1, -0.05) is 55.4 Å². The van der Waals surface area contributed by atoms with Crippen molar-refractivity contribution in [3.8, 4) is 11.1 Å². The molecule has 0 N–H and O–H groups in total. The second-order valence-corrected chi connectivity index (χ2v) is 8.09. The first kappa shape index (κ1) is 19.8. The smallest absolute Gasteiger partial charge is 0.318 e. The molecular weight excluding hydrogens is 380 g/mol. The number of rotatable bonds is 4. The van der Waals surface area contributed by atoms with Gasteiger partial charge in [-0.15, -0.1) is 0 Å². The third kappa shape index (κ3) is 3.34. The molecule has 1 atom stereocenters. The van der Waals surface area contributed by atoms with Crippen LogP contribution >= 0.6 is 0 Å². The molecule has 0 amide bonds. The van der Waals surface area contributed by atoms with Gasteiger partial charge in [-0.05, 0) is 40.8 Å². The molecule has 0 saturated carbocycles. The fraction of sp³-hybridized carbons (Fsp3) is 0.250. The number of hydrogen-bond donors (Lipinski definition) is 0. The van der Waals surface area contributed by atoms with E-state index in [0.717, 1.165) is 34.2 Å². The summed E-state index contributed by atoms with van der Waals surface area (Å²) >= 11 is 0. The lowest BCUT2D eigenvalue weighted by Gasteiger charge is -2.23. The minimum absolute atomic E-state index is 0.000350. The monoisotopic (exact) mass is 402 g/mol. The van der Waals surface area contributed by atoms with Gasteiger partial charge in [0.1, 0.15) is 0 Å². The predicted molar refractivity (Wildman–Crippen MR) is 115 cm³/mol. The highest BCUT2D eigenvalue weighted by Gasteiger charge is 2.37. The Morgan fingerprint density at radius 3 is 2.47 bits per heavy atom. The van der Waals surface area contributed by atoms with Gasteiger partial charge in [-0.3, -0.25) is 10.1 Å². The van der Waals surface area contributed by atoms with Crippen LogP contribution in [0.3, 0.4) is 0 Å². The van der Waals surface area contributed by atoms with Crippen LogP contribution < -0.4 is 0 Å². The van der Waals surface area contributed by atoms with Crippen molar-refractivity contribution in [2.75, 3.05) is 0 Å². The van der Waals surface area contributed by atoms with Gasteiger partial charge in [0.2, 0.25) is 0 Å². The fourth-order valence-corrected chi connectivity index (χ4v) is 4.23. The molecule has 0 bridgehead atoms. The number of fused-ring (bicyclic) bond motifs is 3. The Labute approximate surface area is 174 Å². The summed E-state index contributed by atoms with van der Waals surface area (Å²) in [6.07, 6.45) is 8.81. The number of nitro benzene ring substituents is 1. The summed E-state index contributed by atoms with van der Waals surface area (Å²) in [5.74, 6) is -0.468. The highest BCUT2D eigenvalue weighted by molar-refractivity contribution is 6.04. The zero-order chi connectivity index (χ0) is 21.5. The van der Waals surface area contributed by atoms with Crippen molar-refractivity contribution in [3.63, 3.8) is 0 Å². The van der Waals surface area contributed by atoms with Crippen LogP contribution in [0.1, 0.15) is 43.9 Å². The summed E-state index contributed by atoms with van der Waals surface area (Å²) in [6, 6.07) is 11.1. The average molecular weight is 402 g/mol. The molecule has 2 aromatic carbocycles. The summed E-state index contributed by atoms with van der Waals surface area (Å²) < 4.78 is 0. The molecule has 2 aliphatic carbocycles. The maximum absolute atomic E-state index is 11.4. The molecule has 2 aromatic rings. The molecule has 30 heavy (non-hydrogen) atoms. The van der Waals surface area contributed by atoms with Crippen molar-refractivity contribution in [1.29, 1.82) is 0 Å². The number of carbonyl (C=O) groups is 1. The highest BCUT2D eigenvalue weighted by atomic mass is 16.7. The van der Waals surface area contributed by atoms with Gasteiger partial charge in [-0.2, -0.15) is 0 Å². The number of allylic oxidation sites excluding steroid dienone is 4. The number of carbonyl (C=O) groups excluding carboxylic acids is 1. The van der Waals surface area contributed by atoms with Gasteiger partial charge in [0, 0.05) is 36.0 Å². The first-order valence-electron chi connectivity index (χ1n) is 9.82. The number of hydrogen-bond acceptors (Lipinski definition) is 5. The topological polar surface area (TPSA) is 81.8 Å². The molecule has 2 aliphatic rings. The Bertz CT molecular complexity index is 1140. The number of oxime groups is 1. The van der Waals surface area contributed by atoms with Crippen molar-refractivity contribution < 1.29 is 14.6 Å². The number of non-ortho nitro benzene ring substituents is 1. The minimum atomic E-state index is -0.468. The normalized spacial score (nSPS) is 18.6. The van der Waals surface area contributed by atoms with Crippen LogP contribution in [0.4, 0.5) is 5.69 Å². The highest BCUT2D eigenvalue weighted by Crippen LogP contribution is 2.50. The summed E-state index contributed by atoms with van der Waals surface area (Å²) in [5.41, 5.74) is 5.31. The van der Waals surface area contributed by atoms with Crippen LogP contribution in [-0.2, 0) is 15.0 Å². The first-order valence-corrected chi connectivity index (χ1v) is 9.82. The van der Waals surface area contributed by atoms with Gasteiger partial charge in [-0.25, -0.2) is 4.79 Å². The lowest BCUT2D eigenvalue weighted by molar-refractivity contribution is -0.384. The van der Waals surface area contributed by atoms with Gasteiger partial charge in [0.05, 0.1) is 10.6 Å². The number of nitrogens with zero attached hydrogens (tertiary/aromatic N) is 2. The van der Waals surface area contributed by atoms with Gasteiger partial charge >= 0.3 is 5.97 Å². The summed E-state index contributed by atoms with van der Waals surface area (Å²) in [6.45, 7) is 5.46. The van der Waals surface area contributed by atoms with E-state index in [-0.39, 0.29) is 16.5 Å². The molecular formula is C24H22N2O4. The predicted octanol–water partition coefficient (Wildman–Crippen LogP) is 5.30. The lowest BCUT2D eigenvalue weighted by Crippen LogP contribution is -2.19. The van der Waals surface area contributed by atoms with Crippen LogP contribution in [0.2, 0.25) is 0 Å². The molecule has 0 aromatic heterocycles. The van der Waals surface area contributed by atoms with Crippen LogP contribution in [0.25, 0.3) is 11.1 Å². The maximum atomic E-state index is 11.4. The van der Waals surface area contributed by atoms with Crippen molar-refractivity contribution in [3.05, 3.63) is 87.5 Å². The van der Waals surface area contributed by atoms with Crippen LogP contribution in [0.5, 0.6) is 0 Å². The van der Waals surface area contributed by atoms with E-state index in [9.17, 15) is 14.9 Å². The maximum Gasteiger partial charge on any atom is 0.331 e. The molecule has 6 nitrogen and oxygen atoms in total. The SMILES string of the molecule is CC(=O)O/N=C(/c1ccc2c(c1)C(C)(C)c1cc([N+](=O)[O-])ccc1-2)C1C=CC=CC1. The molecule has 0 saturated heterocycles. The second kappa shape index (κ2) is 7.37. The largest absolute Gasteiger partial charge is 0.331 e. The zero-order valence-corrected chi connectivity index (χ0v) is 17.1. The molecule has 4 rings (SSSR count). The van der Waals surface area contributed by atoms with Gasteiger partial charge in [0.25, 0.3) is 5.69 Å². The number of benzene rings is 2. The van der Waals surface area contributed by atoms with E-state index < -0.39 is 11.4 Å². The first-order chi connectivity index (χ1) is 14.3. The lowest BCUT2D eigenvalue weighted by atomic mass is 9.81. The molecule has 6 heteroatoms. The summed E-state index contributed by atoms with van der Waals surface area (Å²) in [5, 5.41) is 15.4. The van der Waals surface area contributed by atoms with Crippen LogP contribution in [0, 0.1) is 16.0 Å². The van der Waals surface area contributed by atoms with Crippen LogP contribution in [0.15, 0.2) is 65.9 Å². The molecule has 0 heterocycles. The third-order valence-electron chi connectivity index (χ3n) is 5.77.